The summed E-state index contributed by atoms with van der Waals surface area (Å²) >= 11 is 0.953. The van der Waals surface area contributed by atoms with E-state index < -0.39 is 10.0 Å². The quantitative estimate of drug-likeness (QED) is 0.846. The molecule has 8 heteroatoms. The van der Waals surface area contributed by atoms with E-state index in [0.717, 1.165) is 30.6 Å². The van der Waals surface area contributed by atoms with Crippen LogP contribution >= 0.6 is 11.3 Å². The molecule has 19 heavy (non-hydrogen) atoms. The SMILES string of the molecule is NS(=O)(=O)c1cc(C(=O)NC2CC3CCC2O3)cs1. The molecule has 2 bridgehead atoms. The first-order chi connectivity index (χ1) is 8.93. The Hall–Kier alpha value is -0.960. The highest BCUT2D eigenvalue weighted by molar-refractivity contribution is 7.91. The number of carbonyl (C=O) groups is 1. The lowest BCUT2D eigenvalue weighted by molar-refractivity contribution is 0.0841. The fourth-order valence-corrected chi connectivity index (χ4v) is 4.21. The van der Waals surface area contributed by atoms with Crippen molar-refractivity contribution in [3.8, 4) is 0 Å². The molecule has 0 aliphatic carbocycles. The molecule has 3 heterocycles. The fraction of sp³-hybridized carbons (Fsp3) is 0.545. The number of sulfonamides is 1. The fourth-order valence-electron chi connectivity index (χ4n) is 2.63. The molecule has 3 rings (SSSR count). The summed E-state index contributed by atoms with van der Waals surface area (Å²) in [6.45, 7) is 0. The molecule has 2 aliphatic heterocycles. The molecule has 0 aromatic carbocycles. The van der Waals surface area contributed by atoms with E-state index in [4.69, 9.17) is 9.88 Å². The molecule has 3 N–H and O–H groups in total. The monoisotopic (exact) mass is 302 g/mol. The first-order valence-corrected chi connectivity index (χ1v) is 8.44. The Morgan fingerprint density at radius 3 is 2.79 bits per heavy atom. The van der Waals surface area contributed by atoms with Crippen molar-refractivity contribution in [1.82, 2.24) is 5.32 Å². The predicted molar refractivity (Wildman–Crippen MR) is 69.5 cm³/mol. The number of fused-ring (bicyclic) bond motifs is 2. The maximum atomic E-state index is 12.0. The Bertz CT molecular complexity index is 610. The summed E-state index contributed by atoms with van der Waals surface area (Å²) in [6, 6.07) is 1.34. The summed E-state index contributed by atoms with van der Waals surface area (Å²) in [7, 11) is -3.74. The van der Waals surface area contributed by atoms with E-state index in [2.05, 4.69) is 5.32 Å². The molecule has 104 valence electrons. The average Bonchev–Trinajstić information content (AvgIpc) is 3.03. The van der Waals surface area contributed by atoms with Crippen molar-refractivity contribution in [2.24, 2.45) is 5.14 Å². The number of rotatable bonds is 3. The number of amides is 1. The van der Waals surface area contributed by atoms with Gasteiger partial charge in [0.25, 0.3) is 5.91 Å². The van der Waals surface area contributed by atoms with E-state index in [1.165, 1.54) is 11.4 Å². The second-order valence-corrected chi connectivity index (χ2v) is 7.59. The van der Waals surface area contributed by atoms with Gasteiger partial charge in [-0.3, -0.25) is 4.79 Å². The van der Waals surface area contributed by atoms with Crippen LogP contribution in [0, 0.1) is 0 Å². The number of carbonyl (C=O) groups excluding carboxylic acids is 1. The van der Waals surface area contributed by atoms with Gasteiger partial charge in [-0.05, 0) is 25.3 Å². The van der Waals surface area contributed by atoms with Crippen molar-refractivity contribution in [3.63, 3.8) is 0 Å². The zero-order valence-electron chi connectivity index (χ0n) is 10.0. The van der Waals surface area contributed by atoms with Gasteiger partial charge in [0, 0.05) is 5.38 Å². The maximum absolute atomic E-state index is 12.0. The third-order valence-corrected chi connectivity index (χ3v) is 5.93. The largest absolute Gasteiger partial charge is 0.373 e. The summed E-state index contributed by atoms with van der Waals surface area (Å²) in [4.78, 5) is 12.0. The van der Waals surface area contributed by atoms with Crippen molar-refractivity contribution < 1.29 is 17.9 Å². The molecule has 1 aromatic rings. The van der Waals surface area contributed by atoms with Gasteiger partial charge in [0.1, 0.15) is 4.21 Å². The van der Waals surface area contributed by atoms with Gasteiger partial charge in [0.15, 0.2) is 0 Å². The summed E-state index contributed by atoms with van der Waals surface area (Å²) in [5.41, 5.74) is 0.330. The minimum Gasteiger partial charge on any atom is -0.373 e. The number of primary sulfonamides is 1. The molecule has 0 spiro atoms. The van der Waals surface area contributed by atoms with Gasteiger partial charge in [0.05, 0.1) is 23.8 Å². The van der Waals surface area contributed by atoms with Crippen LogP contribution in [-0.4, -0.2) is 32.6 Å². The Morgan fingerprint density at radius 1 is 1.47 bits per heavy atom. The third-order valence-electron chi connectivity index (χ3n) is 3.54. The van der Waals surface area contributed by atoms with Crippen LogP contribution in [0.2, 0.25) is 0 Å². The molecular weight excluding hydrogens is 288 g/mol. The molecule has 1 amide bonds. The van der Waals surface area contributed by atoms with Crippen molar-refractivity contribution in [3.05, 3.63) is 17.0 Å². The van der Waals surface area contributed by atoms with Crippen LogP contribution in [0.3, 0.4) is 0 Å². The highest BCUT2D eigenvalue weighted by atomic mass is 32.2. The van der Waals surface area contributed by atoms with Gasteiger partial charge in [-0.25, -0.2) is 13.6 Å². The third kappa shape index (κ3) is 2.53. The number of hydrogen-bond donors (Lipinski definition) is 2. The maximum Gasteiger partial charge on any atom is 0.252 e. The molecule has 3 unspecified atom stereocenters. The molecule has 3 atom stereocenters. The number of nitrogens with one attached hydrogen (secondary N) is 1. The Labute approximate surface area is 115 Å². The number of ether oxygens (including phenoxy) is 1. The first kappa shape index (κ1) is 13.0. The van der Waals surface area contributed by atoms with E-state index in [9.17, 15) is 13.2 Å². The van der Waals surface area contributed by atoms with Crippen LogP contribution < -0.4 is 10.5 Å². The Balaban J connectivity index is 1.69. The van der Waals surface area contributed by atoms with Crippen LogP contribution in [0.5, 0.6) is 0 Å². The predicted octanol–water partition coefficient (Wildman–Crippen LogP) is 0.445. The Kier molecular flexibility index (Phi) is 3.12. The van der Waals surface area contributed by atoms with Crippen LogP contribution in [-0.2, 0) is 14.8 Å². The number of nitrogens with two attached hydrogens (primary N) is 1. The second kappa shape index (κ2) is 4.55. The topological polar surface area (TPSA) is 98.5 Å². The summed E-state index contributed by atoms with van der Waals surface area (Å²) in [5, 5.41) is 9.42. The molecule has 6 nitrogen and oxygen atoms in total. The minimum absolute atomic E-state index is 0.00171. The number of thiophene rings is 1. The first-order valence-electron chi connectivity index (χ1n) is 6.01. The van der Waals surface area contributed by atoms with Gasteiger partial charge >= 0.3 is 0 Å². The molecular formula is C11H14N2O4S2. The van der Waals surface area contributed by atoms with Crippen molar-refractivity contribution in [1.29, 1.82) is 0 Å². The average molecular weight is 302 g/mol. The Morgan fingerprint density at radius 2 is 2.26 bits per heavy atom. The van der Waals surface area contributed by atoms with Gasteiger partial charge in [-0.2, -0.15) is 0 Å². The smallest absolute Gasteiger partial charge is 0.252 e. The van der Waals surface area contributed by atoms with E-state index in [-0.39, 0.29) is 28.4 Å². The lowest BCUT2D eigenvalue weighted by atomic mass is 9.95. The van der Waals surface area contributed by atoms with Gasteiger partial charge in [-0.1, -0.05) is 0 Å². The summed E-state index contributed by atoms with van der Waals surface area (Å²) in [5.74, 6) is -0.271. The zero-order chi connectivity index (χ0) is 13.6. The van der Waals surface area contributed by atoms with E-state index in [1.807, 2.05) is 0 Å². The lowest BCUT2D eigenvalue weighted by Crippen LogP contribution is -2.41. The summed E-state index contributed by atoms with van der Waals surface area (Å²) < 4.78 is 28.0. The molecule has 0 radical (unpaired) electrons. The van der Waals surface area contributed by atoms with Gasteiger partial charge < -0.3 is 10.1 Å². The molecule has 1 aromatic heterocycles. The van der Waals surface area contributed by atoms with Crippen molar-refractivity contribution in [2.45, 2.75) is 41.7 Å². The highest BCUT2D eigenvalue weighted by Crippen LogP contribution is 2.34. The second-order valence-electron chi connectivity index (χ2n) is 4.89. The number of hydrogen-bond acceptors (Lipinski definition) is 5. The van der Waals surface area contributed by atoms with E-state index in [0.29, 0.717) is 5.56 Å². The van der Waals surface area contributed by atoms with Crippen LogP contribution in [0.4, 0.5) is 0 Å². The standard InChI is InChI=1S/C11H14N2O4S2/c12-19(15,16)10-3-6(5-18-10)11(14)13-8-4-7-1-2-9(8)17-7/h3,5,7-9H,1-2,4H2,(H,13,14)(H2,12,15,16). The van der Waals surface area contributed by atoms with Gasteiger partial charge in [0.2, 0.25) is 10.0 Å². The van der Waals surface area contributed by atoms with Crippen LogP contribution in [0.1, 0.15) is 29.6 Å². The zero-order valence-corrected chi connectivity index (χ0v) is 11.7. The van der Waals surface area contributed by atoms with E-state index in [1.54, 1.807) is 0 Å². The highest BCUT2D eigenvalue weighted by Gasteiger charge is 2.41. The van der Waals surface area contributed by atoms with Crippen LogP contribution in [0.15, 0.2) is 15.7 Å². The van der Waals surface area contributed by atoms with Crippen LogP contribution in [0.25, 0.3) is 0 Å². The molecule has 2 aliphatic rings. The minimum atomic E-state index is -3.74. The normalized spacial score (nSPS) is 29.6. The molecule has 0 saturated carbocycles. The lowest BCUT2D eigenvalue weighted by Gasteiger charge is -2.19. The van der Waals surface area contributed by atoms with E-state index >= 15 is 0 Å². The molecule has 2 saturated heterocycles. The van der Waals surface area contributed by atoms with Crippen molar-refractivity contribution >= 4 is 27.3 Å². The van der Waals surface area contributed by atoms with Crippen molar-refractivity contribution in [2.75, 3.05) is 0 Å². The summed E-state index contributed by atoms with van der Waals surface area (Å²) in [6.07, 6.45) is 3.23. The molecule has 2 fully saturated rings. The van der Waals surface area contributed by atoms with Gasteiger partial charge in [-0.15, -0.1) is 11.3 Å².